The molecule has 0 radical (unpaired) electrons. The summed E-state index contributed by atoms with van der Waals surface area (Å²) in [6.45, 7) is 0.584. The minimum atomic E-state index is -0.404. The average molecular weight is 489 g/mol. The molecule has 2 aromatic heterocycles. The van der Waals surface area contributed by atoms with Crippen molar-refractivity contribution in [3.63, 3.8) is 0 Å². The summed E-state index contributed by atoms with van der Waals surface area (Å²) >= 11 is 0. The maximum atomic E-state index is 12.9. The predicted octanol–water partition coefficient (Wildman–Crippen LogP) is 3.53. The van der Waals surface area contributed by atoms with Crippen LogP contribution in [0.3, 0.4) is 0 Å². The van der Waals surface area contributed by atoms with Gasteiger partial charge in [-0.3, -0.25) is 9.59 Å². The van der Waals surface area contributed by atoms with Gasteiger partial charge in [0.2, 0.25) is 6.79 Å². The number of hydrogen-bond acceptors (Lipinski definition) is 8. The van der Waals surface area contributed by atoms with Gasteiger partial charge in [0.05, 0.1) is 19.4 Å². The van der Waals surface area contributed by atoms with Gasteiger partial charge in [0.25, 0.3) is 11.8 Å². The summed E-state index contributed by atoms with van der Waals surface area (Å²) in [4.78, 5) is 27.0. The molecule has 184 valence electrons. The zero-order chi connectivity index (χ0) is 24.7. The normalized spacial score (nSPS) is 11.8. The molecule has 1 N–H and O–H groups in total. The van der Waals surface area contributed by atoms with Crippen LogP contribution in [-0.4, -0.2) is 35.3 Å². The van der Waals surface area contributed by atoms with Gasteiger partial charge < -0.3 is 33.4 Å². The molecule has 10 nitrogen and oxygen atoms in total. The molecule has 0 saturated heterocycles. The van der Waals surface area contributed by atoms with Crippen molar-refractivity contribution in [2.75, 3.05) is 13.4 Å². The van der Waals surface area contributed by atoms with Crippen LogP contribution in [0.1, 0.15) is 27.6 Å². The number of fused-ring (bicyclic) bond motifs is 1. The first kappa shape index (κ1) is 23.0. The van der Waals surface area contributed by atoms with Gasteiger partial charge in [0.15, 0.2) is 29.6 Å². The molecule has 0 aliphatic carbocycles. The van der Waals surface area contributed by atoms with E-state index in [1.807, 2.05) is 30.3 Å². The molecule has 0 atom stereocenters. The number of benzene rings is 2. The Hall–Kier alpha value is -4.73. The van der Waals surface area contributed by atoms with Gasteiger partial charge in [-0.05, 0) is 42.0 Å². The van der Waals surface area contributed by atoms with Gasteiger partial charge >= 0.3 is 0 Å². The number of hydrogen-bond donors (Lipinski definition) is 1. The average Bonchev–Trinajstić information content (AvgIpc) is 3.68. The highest BCUT2D eigenvalue weighted by atomic mass is 16.7. The number of rotatable bonds is 10. The molecule has 1 aliphatic rings. The summed E-state index contributed by atoms with van der Waals surface area (Å²) in [6.07, 6.45) is 1.54. The number of ether oxygens (including phenoxy) is 3. The van der Waals surface area contributed by atoms with Crippen molar-refractivity contribution >= 4 is 11.8 Å². The van der Waals surface area contributed by atoms with Crippen molar-refractivity contribution in [3.8, 4) is 17.2 Å². The monoisotopic (exact) mass is 489 g/mol. The molecule has 0 fully saturated rings. The Kier molecular flexibility index (Phi) is 6.83. The molecule has 0 saturated carbocycles. The molecule has 2 aromatic carbocycles. The Bertz CT molecular complexity index is 1320. The quantitative estimate of drug-likeness (QED) is 0.360. The lowest BCUT2D eigenvalue weighted by Gasteiger charge is -2.20. The van der Waals surface area contributed by atoms with E-state index in [9.17, 15) is 9.59 Å². The van der Waals surface area contributed by atoms with Gasteiger partial charge in [0.1, 0.15) is 11.5 Å². The topological polar surface area (TPSA) is 116 Å². The van der Waals surface area contributed by atoms with Gasteiger partial charge in [-0.25, -0.2) is 0 Å². The fourth-order valence-corrected chi connectivity index (χ4v) is 3.58. The van der Waals surface area contributed by atoms with Crippen molar-refractivity contribution in [3.05, 3.63) is 95.8 Å². The molecule has 4 aromatic rings. The van der Waals surface area contributed by atoms with Gasteiger partial charge in [-0.1, -0.05) is 29.4 Å². The number of amides is 2. The fraction of sp³-hybridized carbons (Fsp3) is 0.192. The molecule has 36 heavy (non-hydrogen) atoms. The minimum Gasteiger partial charge on any atom is -0.484 e. The summed E-state index contributed by atoms with van der Waals surface area (Å²) in [7, 11) is 0. The molecular formula is C26H23N3O7. The highest BCUT2D eigenvalue weighted by Crippen LogP contribution is 2.32. The second-order valence-electron chi connectivity index (χ2n) is 7.98. The Morgan fingerprint density at radius 1 is 0.944 bits per heavy atom. The molecule has 2 amide bonds. The largest absolute Gasteiger partial charge is 0.484 e. The van der Waals surface area contributed by atoms with Crippen LogP contribution in [-0.2, 0) is 24.4 Å². The van der Waals surface area contributed by atoms with Gasteiger partial charge in [-0.2, -0.15) is 0 Å². The van der Waals surface area contributed by atoms with Gasteiger partial charge in [-0.15, -0.1) is 0 Å². The third-order valence-corrected chi connectivity index (χ3v) is 5.41. The molecular weight excluding hydrogens is 466 g/mol. The van der Waals surface area contributed by atoms with Crippen molar-refractivity contribution in [2.45, 2.75) is 19.6 Å². The van der Waals surface area contributed by atoms with Crippen LogP contribution in [0.4, 0.5) is 0 Å². The smallest absolute Gasteiger partial charge is 0.273 e. The first-order valence-corrected chi connectivity index (χ1v) is 11.2. The van der Waals surface area contributed by atoms with Crippen LogP contribution < -0.4 is 19.5 Å². The summed E-state index contributed by atoms with van der Waals surface area (Å²) in [6, 6.07) is 19.5. The van der Waals surface area contributed by atoms with Crippen molar-refractivity contribution in [2.24, 2.45) is 0 Å². The highest BCUT2D eigenvalue weighted by Gasteiger charge is 2.21. The van der Waals surface area contributed by atoms with E-state index < -0.39 is 5.91 Å². The standard InChI is InChI=1S/C26H23N3O7/c30-25(16-33-19-5-2-1-3-6-19)29(14-20-7-4-10-32-20)15-21-12-22(28-36-21)26(31)27-13-18-8-9-23-24(11-18)35-17-34-23/h1-12H,13-17H2,(H,27,31). The van der Waals surface area contributed by atoms with Crippen LogP contribution in [0.5, 0.6) is 17.2 Å². The van der Waals surface area contributed by atoms with E-state index in [1.54, 1.807) is 30.3 Å². The third-order valence-electron chi connectivity index (χ3n) is 5.41. The maximum absolute atomic E-state index is 12.9. The van der Waals surface area contributed by atoms with Crippen molar-refractivity contribution < 1.29 is 32.7 Å². The molecule has 10 heteroatoms. The van der Waals surface area contributed by atoms with Crippen molar-refractivity contribution in [1.82, 2.24) is 15.4 Å². The second-order valence-corrected chi connectivity index (χ2v) is 7.98. The molecule has 3 heterocycles. The van der Waals surface area contributed by atoms with Crippen LogP contribution in [0.25, 0.3) is 0 Å². The Morgan fingerprint density at radius 2 is 1.78 bits per heavy atom. The Morgan fingerprint density at radius 3 is 2.61 bits per heavy atom. The maximum Gasteiger partial charge on any atom is 0.273 e. The van der Waals surface area contributed by atoms with E-state index in [0.717, 1.165) is 5.56 Å². The lowest BCUT2D eigenvalue weighted by molar-refractivity contribution is -0.135. The highest BCUT2D eigenvalue weighted by molar-refractivity contribution is 5.92. The molecule has 5 rings (SSSR count). The molecule has 1 aliphatic heterocycles. The zero-order valence-electron chi connectivity index (χ0n) is 19.2. The van der Waals surface area contributed by atoms with Crippen LogP contribution >= 0.6 is 0 Å². The number of para-hydroxylation sites is 1. The summed E-state index contributed by atoms with van der Waals surface area (Å²) < 4.78 is 27.0. The Balaban J connectivity index is 1.20. The predicted molar refractivity (Wildman–Crippen MR) is 125 cm³/mol. The number of nitrogens with one attached hydrogen (secondary N) is 1. The minimum absolute atomic E-state index is 0.0835. The third kappa shape index (κ3) is 5.66. The number of furan rings is 1. The van der Waals surface area contributed by atoms with Crippen LogP contribution in [0, 0.1) is 0 Å². The lowest BCUT2D eigenvalue weighted by Crippen LogP contribution is -2.33. The molecule has 0 unspecified atom stereocenters. The van der Waals surface area contributed by atoms with Crippen LogP contribution in [0.2, 0.25) is 0 Å². The lowest BCUT2D eigenvalue weighted by atomic mass is 10.2. The van der Waals surface area contributed by atoms with E-state index in [4.69, 9.17) is 23.2 Å². The van der Waals surface area contributed by atoms with Crippen LogP contribution in [0.15, 0.2) is 81.9 Å². The number of nitrogens with zero attached hydrogens (tertiary/aromatic N) is 2. The first-order valence-electron chi connectivity index (χ1n) is 11.2. The first-order chi connectivity index (χ1) is 17.6. The summed E-state index contributed by atoms with van der Waals surface area (Å²) in [5.41, 5.74) is 0.960. The summed E-state index contributed by atoms with van der Waals surface area (Å²) in [5, 5.41) is 6.66. The molecule has 0 spiro atoms. The number of aromatic nitrogens is 1. The van der Waals surface area contributed by atoms with E-state index >= 15 is 0 Å². The van der Waals surface area contributed by atoms with E-state index in [2.05, 4.69) is 10.5 Å². The fourth-order valence-electron chi connectivity index (χ4n) is 3.58. The second kappa shape index (κ2) is 10.7. The SMILES string of the molecule is O=C(NCc1ccc2c(c1)OCO2)c1cc(CN(Cc2ccco2)C(=O)COc2ccccc2)on1. The van der Waals surface area contributed by atoms with Crippen molar-refractivity contribution in [1.29, 1.82) is 0 Å². The molecule has 0 bridgehead atoms. The number of carbonyl (C=O) groups excluding carboxylic acids is 2. The Labute approximate surface area is 206 Å². The summed E-state index contributed by atoms with van der Waals surface area (Å²) in [5.74, 6) is 2.17. The zero-order valence-corrected chi connectivity index (χ0v) is 19.2. The number of carbonyl (C=O) groups is 2. The van der Waals surface area contributed by atoms with Gasteiger partial charge in [0, 0.05) is 12.6 Å². The van der Waals surface area contributed by atoms with E-state index in [1.165, 1.54) is 17.2 Å². The van der Waals surface area contributed by atoms with E-state index in [-0.39, 0.29) is 44.6 Å². The van der Waals surface area contributed by atoms with E-state index in [0.29, 0.717) is 28.8 Å².